The Kier molecular flexibility index (Phi) is 21.9. The number of hydrogen-bond donors (Lipinski definition) is 13. The number of carbonyl (C=O) groups is 9. The molecule has 1 aliphatic heterocycles. The van der Waals surface area contributed by atoms with Gasteiger partial charge in [0.25, 0.3) is 5.91 Å². The molecule has 9 amide bonds. The Morgan fingerprint density at radius 3 is 1.97 bits per heavy atom. The van der Waals surface area contributed by atoms with Gasteiger partial charge >= 0.3 is 0 Å². The molecule has 1 fully saturated rings. The van der Waals surface area contributed by atoms with Gasteiger partial charge in [0, 0.05) is 19.6 Å². The number of aliphatic imine (C=N–C) groups is 1. The highest BCUT2D eigenvalue weighted by Crippen LogP contribution is 2.19. The first-order valence-electron chi connectivity index (χ1n) is 20.4. The molecule has 0 bridgehead atoms. The summed E-state index contributed by atoms with van der Waals surface area (Å²) in [5.74, 6) is -7.26. The van der Waals surface area contributed by atoms with Crippen molar-refractivity contribution in [2.75, 3.05) is 26.2 Å². The molecule has 0 aliphatic carbocycles. The number of nitrogens with one attached hydrogen (secondary N) is 7. The summed E-state index contributed by atoms with van der Waals surface area (Å²) in [7, 11) is 0. The Morgan fingerprint density at radius 2 is 1.41 bits per heavy atom. The van der Waals surface area contributed by atoms with Gasteiger partial charge in [0.2, 0.25) is 53.0 Å². The maximum absolute atomic E-state index is 13.7. The Bertz CT molecular complexity index is 1770. The third-order valence-electron chi connectivity index (χ3n) is 9.71. The molecule has 9 atom stereocenters. The van der Waals surface area contributed by atoms with Crippen LogP contribution in [-0.2, 0) is 38.4 Å². The van der Waals surface area contributed by atoms with E-state index in [0.29, 0.717) is 12.8 Å². The first-order chi connectivity index (χ1) is 29.7. The summed E-state index contributed by atoms with van der Waals surface area (Å²) in [6.07, 6.45) is 2.41. The Morgan fingerprint density at radius 1 is 0.810 bits per heavy atom. The molecule has 1 saturated heterocycles. The summed E-state index contributed by atoms with van der Waals surface area (Å²) in [5, 5.41) is 37.2. The highest BCUT2D eigenvalue weighted by atomic mass is 16.3. The third-order valence-corrected chi connectivity index (χ3v) is 9.71. The molecule has 0 saturated carbocycles. The molecule has 0 aromatic carbocycles. The van der Waals surface area contributed by atoms with Crippen molar-refractivity contribution in [2.24, 2.45) is 27.9 Å². The van der Waals surface area contributed by atoms with Gasteiger partial charge in [0.05, 0.1) is 24.9 Å². The van der Waals surface area contributed by atoms with E-state index in [0.717, 1.165) is 6.39 Å². The average molecular weight is 895 g/mol. The minimum absolute atomic E-state index is 0.0162. The van der Waals surface area contributed by atoms with Crippen molar-refractivity contribution in [1.29, 1.82) is 0 Å². The van der Waals surface area contributed by atoms with Crippen LogP contribution in [-0.4, -0.2) is 160 Å². The van der Waals surface area contributed by atoms with Gasteiger partial charge in [-0.15, -0.1) is 0 Å². The fraction of sp³-hybridized carbons (Fsp3) is 0.649. The summed E-state index contributed by atoms with van der Waals surface area (Å²) < 4.78 is 4.96. The number of unbranched alkanes of at least 4 members (excludes halogenated alkanes) is 1. The zero-order valence-electron chi connectivity index (χ0n) is 35.8. The van der Waals surface area contributed by atoms with Crippen LogP contribution in [0.3, 0.4) is 0 Å². The Labute approximate surface area is 363 Å². The van der Waals surface area contributed by atoms with Gasteiger partial charge in [0.1, 0.15) is 42.3 Å². The third kappa shape index (κ3) is 17.5. The summed E-state index contributed by atoms with van der Waals surface area (Å²) >= 11 is 0. The lowest BCUT2D eigenvalue weighted by molar-refractivity contribution is -0.142. The molecule has 0 spiro atoms. The molecule has 0 unspecified atom stereocenters. The van der Waals surface area contributed by atoms with Gasteiger partial charge in [-0.2, -0.15) is 0 Å². The van der Waals surface area contributed by atoms with Crippen molar-refractivity contribution in [3.05, 3.63) is 18.4 Å². The number of likely N-dealkylation sites (tertiary alicyclic amines) is 1. The lowest BCUT2D eigenvalue weighted by Crippen LogP contribution is -2.60. The number of oxazole rings is 1. The monoisotopic (exact) mass is 894 g/mol. The highest BCUT2D eigenvalue weighted by Gasteiger charge is 2.38. The number of amides is 9. The molecular formula is C37H62N14O12. The minimum Gasteiger partial charge on any atom is -0.438 e. The second-order valence-corrected chi connectivity index (χ2v) is 15.0. The summed E-state index contributed by atoms with van der Waals surface area (Å²) in [6, 6.07) is -10.1. The lowest BCUT2D eigenvalue weighted by Gasteiger charge is -2.29. The predicted octanol–water partition coefficient (Wildman–Crippen LogP) is -6.23. The summed E-state index contributed by atoms with van der Waals surface area (Å²) in [4.78, 5) is 125. The number of carbonyl (C=O) groups excluding carboxylic acids is 9. The van der Waals surface area contributed by atoms with Crippen molar-refractivity contribution < 1.29 is 57.8 Å². The number of aliphatic hydroxyl groups excluding tert-OH is 2. The van der Waals surface area contributed by atoms with E-state index in [9.17, 15) is 53.4 Å². The van der Waals surface area contributed by atoms with E-state index < -0.39 is 114 Å². The number of nitrogens with zero attached hydrogens (tertiary/aromatic N) is 3. The van der Waals surface area contributed by atoms with Crippen LogP contribution in [0.1, 0.15) is 83.2 Å². The van der Waals surface area contributed by atoms with Gasteiger partial charge in [-0.1, -0.05) is 0 Å². The fourth-order valence-electron chi connectivity index (χ4n) is 6.18. The first kappa shape index (κ1) is 52.7. The van der Waals surface area contributed by atoms with Crippen LogP contribution in [0, 0.1) is 0 Å². The van der Waals surface area contributed by atoms with Crippen molar-refractivity contribution in [1.82, 2.24) is 47.1 Å². The molecule has 1 aliphatic rings. The van der Waals surface area contributed by atoms with E-state index in [2.05, 4.69) is 47.2 Å². The topological polar surface area (TPSA) is 424 Å². The normalized spacial score (nSPS) is 17.2. The zero-order chi connectivity index (χ0) is 47.4. The van der Waals surface area contributed by atoms with Gasteiger partial charge in [0.15, 0.2) is 12.4 Å². The molecular weight excluding hydrogens is 832 g/mol. The molecule has 1 aromatic rings. The number of guanidine groups is 1. The molecule has 0 radical (unpaired) electrons. The quantitative estimate of drug-likeness (QED) is 0.0234. The Balaban J connectivity index is 2.15. The van der Waals surface area contributed by atoms with Crippen LogP contribution in [0.5, 0.6) is 0 Å². The van der Waals surface area contributed by atoms with Crippen molar-refractivity contribution in [2.45, 2.75) is 127 Å². The fourth-order valence-corrected chi connectivity index (χ4v) is 6.18. The van der Waals surface area contributed by atoms with Crippen LogP contribution in [0.2, 0.25) is 0 Å². The number of aliphatic hydroxyl groups is 2. The van der Waals surface area contributed by atoms with E-state index in [1.165, 1.54) is 38.8 Å². The molecule has 1 aromatic heterocycles. The molecule has 2 rings (SSSR count). The molecule has 2 heterocycles. The molecule has 26 heteroatoms. The number of aromatic nitrogens is 1. The van der Waals surface area contributed by atoms with E-state index in [1.54, 1.807) is 0 Å². The van der Waals surface area contributed by atoms with E-state index >= 15 is 0 Å². The Hall–Kier alpha value is -6.41. The largest absolute Gasteiger partial charge is 0.438 e. The standard InChI is InChI=1S/C37H62N14O12/c1-18(38)29(55)47-23(10-7-13-44-37(40)41)31(57)48-22(9-5-6-12-43-35(61)26-15-42-17-63-26)32(58)49-24(16-52)33(59)46-20(3)36(62)51-14-8-11-25(51)34(60)45-19(2)30(56)50-27(21(4)53)28(39)54/h15,17-25,27,52-53H,5-14,16,38H2,1-4H3,(H2,39,54)(H,43,61)(H,45,60)(H,46,59)(H,47,55)(H,48,57)(H,49,58)(H,50,56)(H4,40,41,44)/t18-,19-,20-,21+,22-,23-,24-,25-,27-/m0/s1. The minimum atomic E-state index is -1.63. The predicted molar refractivity (Wildman–Crippen MR) is 222 cm³/mol. The maximum Gasteiger partial charge on any atom is 0.288 e. The van der Waals surface area contributed by atoms with Crippen LogP contribution in [0.25, 0.3) is 0 Å². The van der Waals surface area contributed by atoms with Gasteiger partial charge in [-0.05, 0) is 72.6 Å². The van der Waals surface area contributed by atoms with Crippen LogP contribution >= 0.6 is 0 Å². The summed E-state index contributed by atoms with van der Waals surface area (Å²) in [6.45, 7) is 4.75. The zero-order valence-corrected chi connectivity index (χ0v) is 35.8. The first-order valence-corrected chi connectivity index (χ1v) is 20.4. The van der Waals surface area contributed by atoms with Crippen molar-refractivity contribution in [3.8, 4) is 0 Å². The lowest BCUT2D eigenvalue weighted by atomic mass is 10.1. The van der Waals surface area contributed by atoms with E-state index in [-0.39, 0.29) is 63.5 Å². The average Bonchev–Trinajstić information content (AvgIpc) is 3.95. The molecule has 63 heavy (non-hydrogen) atoms. The highest BCUT2D eigenvalue weighted by molar-refractivity contribution is 5.98. The van der Waals surface area contributed by atoms with Gasteiger partial charge in [-0.3, -0.25) is 48.1 Å². The van der Waals surface area contributed by atoms with Crippen molar-refractivity contribution in [3.63, 3.8) is 0 Å². The number of primary amides is 1. The van der Waals surface area contributed by atoms with E-state index in [1.807, 2.05) is 0 Å². The second-order valence-electron chi connectivity index (χ2n) is 15.0. The van der Waals surface area contributed by atoms with Gasteiger partial charge < -0.3 is 79.7 Å². The number of rotatable bonds is 26. The number of nitrogens with two attached hydrogens (primary N) is 4. The number of hydrogen-bond acceptors (Lipinski definition) is 15. The van der Waals surface area contributed by atoms with E-state index in [4.69, 9.17) is 27.4 Å². The SMILES string of the molecule is C[C@H](N)C(=O)N[C@@H](CCCN=C(N)N)C(=O)N[C@@H](CCCCNC(=O)c1cnco1)C(=O)N[C@@H](CO)C(=O)N[C@@H](C)C(=O)N1CCC[C@H]1C(=O)N[C@@H](C)C(=O)N[C@H](C(N)=O)[C@@H](C)O. The maximum atomic E-state index is 13.7. The van der Waals surface area contributed by atoms with Crippen molar-refractivity contribution >= 4 is 59.1 Å². The van der Waals surface area contributed by atoms with Crippen LogP contribution in [0.15, 0.2) is 22.0 Å². The molecule has 352 valence electrons. The smallest absolute Gasteiger partial charge is 0.288 e. The second kappa shape index (κ2) is 26.2. The molecule has 17 N–H and O–H groups in total. The van der Waals surface area contributed by atoms with Crippen LogP contribution < -0.4 is 60.2 Å². The molecule has 26 nitrogen and oxygen atoms in total. The van der Waals surface area contributed by atoms with Crippen LogP contribution in [0.4, 0.5) is 0 Å². The van der Waals surface area contributed by atoms with Gasteiger partial charge in [-0.25, -0.2) is 4.98 Å². The summed E-state index contributed by atoms with van der Waals surface area (Å²) in [5.41, 5.74) is 21.7.